The third-order valence-electron chi connectivity index (χ3n) is 11.3. The molecule has 1 unspecified atom stereocenters. The first-order chi connectivity index (χ1) is 27.2. The summed E-state index contributed by atoms with van der Waals surface area (Å²) < 4.78 is 23.6. The minimum atomic E-state index is -1.70. The third kappa shape index (κ3) is 9.15. The molecule has 3 saturated carbocycles. The molecule has 3 aliphatic carbocycles. The van der Waals surface area contributed by atoms with Gasteiger partial charge < -0.3 is 14.4 Å². The van der Waals surface area contributed by atoms with Crippen molar-refractivity contribution < 1.29 is 27.3 Å². The normalized spacial score (nSPS) is 18.8. The fourth-order valence-corrected chi connectivity index (χ4v) is 9.99. The van der Waals surface area contributed by atoms with E-state index >= 15 is 0 Å². The van der Waals surface area contributed by atoms with Crippen molar-refractivity contribution in [3.8, 4) is 33.8 Å². The van der Waals surface area contributed by atoms with Crippen LogP contribution in [0.4, 0.5) is 0 Å². The first-order valence-electron chi connectivity index (χ1n) is 21.0. The summed E-state index contributed by atoms with van der Waals surface area (Å²) in [5, 5.41) is 3.18. The molecule has 2 bridgehead atoms. The smallest absolute Gasteiger partial charge is 0.216 e. The summed E-state index contributed by atoms with van der Waals surface area (Å²) >= 11 is 0. The molecule has 289 valence electrons. The van der Waals surface area contributed by atoms with E-state index < -0.39 is 19.9 Å². The van der Waals surface area contributed by atoms with E-state index in [1.165, 1.54) is 44.1 Å². The Hall–Kier alpha value is -4.22. The van der Waals surface area contributed by atoms with Crippen molar-refractivity contribution in [1.29, 1.82) is 0 Å². The molecule has 0 amide bonds. The maximum atomic E-state index is 8.75. The molecule has 3 aliphatic rings. The number of fused-ring (bicyclic) bond motifs is 6. The summed E-state index contributed by atoms with van der Waals surface area (Å²) in [6.07, 6.45) is 10.8. The van der Waals surface area contributed by atoms with Crippen molar-refractivity contribution in [2.75, 3.05) is 0 Å². The maximum Gasteiger partial charge on any atom is 0.216 e. The summed E-state index contributed by atoms with van der Waals surface area (Å²) in [5.74, 6) is 2.74. The molecule has 10 rings (SSSR count). The predicted octanol–water partition coefficient (Wildman–Crippen LogP) is 12.6. The Morgan fingerprint density at radius 2 is 1.57 bits per heavy atom. The second-order valence-corrected chi connectivity index (χ2v) is 22.7. The van der Waals surface area contributed by atoms with Crippen LogP contribution >= 0.6 is 0 Å². The van der Waals surface area contributed by atoms with Crippen LogP contribution in [0.2, 0.25) is 19.6 Å². The second-order valence-electron chi connectivity index (χ2n) is 17.7. The van der Waals surface area contributed by atoms with Crippen molar-refractivity contribution in [3.63, 3.8) is 0 Å². The standard InChI is InChI=1S/C31H27N2O.C19H26NSi.Ir/c1-2-4-23(5-3-1)28-12-11-26-27-19-24(10-13-30(27)34-31(26)33-28)29-18-21(14-15-32-29)17-25-16-20-6-8-22(25)9-7-20;1-19(2,3)13-16-12-17(15-10-8-7-9-11-15)20-14-18(16)21(4,5)6;/h1-5,11-15,18-20,22,25H,6-9,16-17H2;7-10,12,14H,13H2,1-6H3;/q2*-1;/i;13D2;. The van der Waals surface area contributed by atoms with E-state index in [4.69, 9.17) is 17.1 Å². The predicted molar refractivity (Wildman–Crippen MR) is 231 cm³/mol. The molecule has 0 N–H and O–H groups in total. The monoisotopic (exact) mass is 934 g/mol. The van der Waals surface area contributed by atoms with Gasteiger partial charge in [-0.15, -0.1) is 59.7 Å². The van der Waals surface area contributed by atoms with Gasteiger partial charge >= 0.3 is 0 Å². The molecule has 3 fully saturated rings. The molecule has 4 aromatic heterocycles. The fraction of sp³-hybridized carbons (Fsp3) is 0.340. The van der Waals surface area contributed by atoms with Gasteiger partial charge in [0.25, 0.3) is 0 Å². The quantitative estimate of drug-likeness (QED) is 0.118. The van der Waals surface area contributed by atoms with E-state index in [9.17, 15) is 0 Å². The number of pyridine rings is 3. The van der Waals surface area contributed by atoms with Crippen LogP contribution in [0, 0.1) is 35.3 Å². The van der Waals surface area contributed by atoms with Crippen molar-refractivity contribution >= 4 is 35.3 Å². The van der Waals surface area contributed by atoms with Gasteiger partial charge in [0, 0.05) is 46.2 Å². The molecule has 1 atom stereocenters. The van der Waals surface area contributed by atoms with Crippen molar-refractivity contribution in [2.45, 2.75) is 85.3 Å². The van der Waals surface area contributed by atoms with Crippen molar-refractivity contribution in [3.05, 3.63) is 133 Å². The van der Waals surface area contributed by atoms with E-state index in [-0.39, 0.29) is 20.1 Å². The molecule has 4 heterocycles. The fourth-order valence-electron chi connectivity index (χ4n) is 8.60. The van der Waals surface area contributed by atoms with E-state index in [1.807, 2.05) is 87.8 Å². The summed E-state index contributed by atoms with van der Waals surface area (Å²) in [6, 6.07) is 39.2. The van der Waals surface area contributed by atoms with Gasteiger partial charge in [0.15, 0.2) is 0 Å². The summed E-state index contributed by atoms with van der Waals surface area (Å²) in [7, 11) is -1.70. The Balaban J connectivity index is 0.000000188. The Morgan fingerprint density at radius 3 is 2.27 bits per heavy atom. The van der Waals surface area contributed by atoms with Gasteiger partial charge in [0.2, 0.25) is 5.71 Å². The van der Waals surface area contributed by atoms with Gasteiger partial charge in [0.1, 0.15) is 0 Å². The van der Waals surface area contributed by atoms with E-state index in [1.54, 1.807) is 0 Å². The molecular formula is C50H53IrN3OSi-2. The van der Waals surface area contributed by atoms with Crippen LogP contribution in [0.1, 0.15) is 66.7 Å². The van der Waals surface area contributed by atoms with Crippen LogP contribution in [-0.4, -0.2) is 23.0 Å². The topological polar surface area (TPSA) is 51.8 Å². The van der Waals surface area contributed by atoms with Gasteiger partial charge in [0.05, 0.1) is 19.4 Å². The van der Waals surface area contributed by atoms with Crippen molar-refractivity contribution in [1.82, 2.24) is 15.0 Å². The molecule has 0 saturated heterocycles. The van der Waals surface area contributed by atoms with Crippen LogP contribution in [0.3, 0.4) is 0 Å². The molecule has 7 aromatic rings. The van der Waals surface area contributed by atoms with Crippen LogP contribution in [-0.2, 0) is 32.9 Å². The van der Waals surface area contributed by atoms with Gasteiger partial charge in [-0.05, 0) is 90.0 Å². The van der Waals surface area contributed by atoms with Gasteiger partial charge in [-0.3, -0.25) is 0 Å². The zero-order valence-corrected chi connectivity index (χ0v) is 36.8. The molecular weight excluding hydrogens is 879 g/mol. The number of furan rings is 1. The zero-order chi connectivity index (χ0) is 40.0. The number of rotatable bonds is 7. The van der Waals surface area contributed by atoms with Crippen LogP contribution < -0.4 is 5.19 Å². The molecule has 0 spiro atoms. The molecule has 0 aliphatic heterocycles. The van der Waals surface area contributed by atoms with Gasteiger partial charge in [-0.2, -0.15) is 0 Å². The largest absolute Gasteiger partial charge is 0.486 e. The average molecular weight is 934 g/mol. The minimum absolute atomic E-state index is 0. The maximum absolute atomic E-state index is 8.75. The summed E-state index contributed by atoms with van der Waals surface area (Å²) in [4.78, 5) is 14.1. The first-order valence-corrected chi connectivity index (χ1v) is 23.5. The molecule has 4 nitrogen and oxygen atoms in total. The molecule has 3 aromatic carbocycles. The molecule has 6 heteroatoms. The Kier molecular flexibility index (Phi) is 11.1. The number of hydrogen-bond acceptors (Lipinski definition) is 4. The van der Waals surface area contributed by atoms with Crippen LogP contribution in [0.5, 0.6) is 0 Å². The Morgan fingerprint density at radius 1 is 0.804 bits per heavy atom. The number of benzene rings is 3. The Labute approximate surface area is 350 Å². The number of hydrogen-bond donors (Lipinski definition) is 0. The molecule has 1 radical (unpaired) electrons. The minimum Gasteiger partial charge on any atom is -0.486 e. The van der Waals surface area contributed by atoms with Crippen molar-refractivity contribution in [2.24, 2.45) is 23.2 Å². The van der Waals surface area contributed by atoms with E-state index in [2.05, 4.69) is 79.2 Å². The van der Waals surface area contributed by atoms with Gasteiger partial charge in [-0.1, -0.05) is 112 Å². The number of nitrogens with zero attached hydrogens (tertiary/aromatic N) is 3. The Bertz CT molecular complexity index is 2500. The van der Waals surface area contributed by atoms with Crippen LogP contribution in [0.25, 0.3) is 55.8 Å². The SMILES string of the molecule is [2H]C([2H])(c1cc(-c2[c-]cccc2)ncc1[Si](C)(C)C)C(C)(C)C.[Ir].[c-]1cc2oc3nc(-c4ccccc4)ccc3c2cc1-c1cc(CC2CC3CCC2CC3)ccn1. The number of aromatic nitrogens is 3. The average Bonchev–Trinajstić information content (AvgIpc) is 3.59. The van der Waals surface area contributed by atoms with Gasteiger partial charge in [-0.25, -0.2) is 4.98 Å². The van der Waals surface area contributed by atoms with E-state index in [0.717, 1.165) is 78.6 Å². The summed E-state index contributed by atoms with van der Waals surface area (Å²) in [6.45, 7) is 12.6. The molecule has 56 heavy (non-hydrogen) atoms. The third-order valence-corrected chi connectivity index (χ3v) is 13.4. The first kappa shape index (κ1) is 37.4. The van der Waals surface area contributed by atoms with E-state index in [0.29, 0.717) is 5.71 Å². The summed E-state index contributed by atoms with van der Waals surface area (Å²) in [5.41, 5.74) is 8.87. The zero-order valence-electron chi connectivity index (χ0n) is 35.5. The second kappa shape index (κ2) is 16.7. The van der Waals surface area contributed by atoms with Crippen LogP contribution in [0.15, 0.2) is 114 Å².